The minimum Gasteiger partial charge on any atom is -0.387 e. The molecule has 6 nitrogen and oxygen atoms in total. The second kappa shape index (κ2) is 3.88. The van der Waals surface area contributed by atoms with Crippen LogP contribution in [-0.2, 0) is 23.7 Å². The maximum absolute atomic E-state index is 10.4. The molecule has 0 aliphatic carbocycles. The Morgan fingerprint density at radius 1 is 1.06 bits per heavy atom. The van der Waals surface area contributed by atoms with Gasteiger partial charge in [-0.15, -0.1) is 0 Å². The van der Waals surface area contributed by atoms with Crippen LogP contribution < -0.4 is 0 Å². The molecule has 3 aliphatic heterocycles. The number of hydrogen-bond donors (Lipinski definition) is 1. The normalized spacial score (nSPS) is 54.4. The van der Waals surface area contributed by atoms with Crippen LogP contribution in [0.4, 0.5) is 0 Å². The second-order valence-corrected chi connectivity index (χ2v) is 5.77. The Bertz CT molecular complexity index is 382. The van der Waals surface area contributed by atoms with Gasteiger partial charge in [-0.1, -0.05) is 0 Å². The van der Waals surface area contributed by atoms with Crippen LogP contribution in [0.15, 0.2) is 0 Å². The average Bonchev–Trinajstić information content (AvgIpc) is 2.80. The first-order chi connectivity index (χ1) is 8.61. The molecule has 104 valence electrons. The van der Waals surface area contributed by atoms with Crippen molar-refractivity contribution in [3.8, 4) is 0 Å². The molecule has 3 rings (SSSR count). The van der Waals surface area contributed by atoms with Gasteiger partial charge in [0, 0.05) is 0 Å². The van der Waals surface area contributed by atoms with Crippen molar-refractivity contribution < 1.29 is 30.2 Å². The van der Waals surface area contributed by atoms with Gasteiger partial charge in [-0.3, -0.25) is 0 Å². The van der Waals surface area contributed by atoms with E-state index in [1.807, 2.05) is 0 Å². The van der Waals surface area contributed by atoms with Gasteiger partial charge >= 0.3 is 0 Å². The molecule has 18 heavy (non-hydrogen) atoms. The minimum atomic E-state index is -1.92. The Kier molecular flexibility index (Phi) is 2.49. The van der Waals surface area contributed by atoms with Gasteiger partial charge in [0.25, 0.3) is 0 Å². The number of fused-ring (bicyclic) bond motifs is 1. The third-order valence-corrected chi connectivity index (χ3v) is 3.29. The minimum absolute atomic E-state index is 0.266. The molecule has 0 aromatic heterocycles. The predicted molar refractivity (Wildman–Crippen MR) is 59.6 cm³/mol. The first kappa shape index (κ1) is 11.6. The fourth-order valence-electron chi connectivity index (χ4n) is 2.55. The van der Waals surface area contributed by atoms with Gasteiger partial charge in [0.15, 0.2) is 17.9 Å². The third kappa shape index (κ3) is 2.07. The van der Waals surface area contributed by atoms with Crippen molar-refractivity contribution in [3.05, 3.63) is 0 Å². The summed E-state index contributed by atoms with van der Waals surface area (Å²) in [5, 5.41) is 10.4. The highest BCUT2D eigenvalue weighted by Gasteiger charge is 2.57. The monoisotopic (exact) mass is 261 g/mol. The smallest absolute Gasteiger partial charge is 0.190 e. The van der Waals surface area contributed by atoms with Crippen LogP contribution in [0.2, 0.25) is 0 Å². The van der Waals surface area contributed by atoms with Crippen molar-refractivity contribution in [2.75, 3.05) is 6.61 Å². The predicted octanol–water partition coefficient (Wildman–Crippen LogP) is 0.375. The van der Waals surface area contributed by atoms with E-state index >= 15 is 0 Å². The van der Waals surface area contributed by atoms with Gasteiger partial charge in [0.05, 0.1) is 7.98 Å². The van der Waals surface area contributed by atoms with E-state index in [-0.39, 0.29) is 6.61 Å². The summed E-state index contributed by atoms with van der Waals surface area (Å²) in [5.41, 5.74) is 0. The SMILES string of the molecule is [2H][C@@]1(O)[C@@H]([C@H]2COC(C)(C)O2)O[C@@H]2OC(C)(C)O[C@@H]21. The summed E-state index contributed by atoms with van der Waals surface area (Å²) >= 11 is 0. The molecule has 3 heterocycles. The Balaban J connectivity index is 1.77. The molecule has 0 saturated carbocycles. The van der Waals surface area contributed by atoms with E-state index in [9.17, 15) is 5.11 Å². The first-order valence-corrected chi connectivity index (χ1v) is 6.16. The van der Waals surface area contributed by atoms with Crippen LogP contribution >= 0.6 is 0 Å². The van der Waals surface area contributed by atoms with E-state index in [0.717, 1.165) is 0 Å². The Labute approximate surface area is 108 Å². The zero-order chi connectivity index (χ0) is 14.1. The molecule has 0 bridgehead atoms. The van der Waals surface area contributed by atoms with Gasteiger partial charge in [-0.05, 0) is 27.7 Å². The highest BCUT2D eigenvalue weighted by atomic mass is 16.8. The summed E-state index contributed by atoms with van der Waals surface area (Å²) in [6.07, 6.45) is -4.90. The van der Waals surface area contributed by atoms with Crippen molar-refractivity contribution in [3.63, 3.8) is 0 Å². The summed E-state index contributed by atoms with van der Waals surface area (Å²) in [6.45, 7) is 7.27. The van der Waals surface area contributed by atoms with Crippen LogP contribution in [0.3, 0.4) is 0 Å². The molecule has 1 N–H and O–H groups in total. The van der Waals surface area contributed by atoms with E-state index in [4.69, 9.17) is 25.1 Å². The molecule has 0 aromatic rings. The zero-order valence-corrected chi connectivity index (χ0v) is 11.0. The highest BCUT2D eigenvalue weighted by molar-refractivity contribution is 4.97. The van der Waals surface area contributed by atoms with Crippen molar-refractivity contribution in [1.82, 2.24) is 0 Å². The number of ether oxygens (including phenoxy) is 5. The van der Waals surface area contributed by atoms with Gasteiger partial charge in [0.2, 0.25) is 0 Å². The van der Waals surface area contributed by atoms with Crippen molar-refractivity contribution in [2.24, 2.45) is 0 Å². The Morgan fingerprint density at radius 2 is 1.78 bits per heavy atom. The Hall–Kier alpha value is -0.240. The molecule has 3 saturated heterocycles. The van der Waals surface area contributed by atoms with Crippen molar-refractivity contribution >= 4 is 0 Å². The summed E-state index contributed by atoms with van der Waals surface area (Å²) in [4.78, 5) is 0. The van der Waals surface area contributed by atoms with Gasteiger partial charge in [0.1, 0.15) is 24.4 Å². The third-order valence-electron chi connectivity index (χ3n) is 3.29. The lowest BCUT2D eigenvalue weighted by molar-refractivity contribution is -0.232. The van der Waals surface area contributed by atoms with Crippen LogP contribution in [-0.4, -0.2) is 54.0 Å². The lowest BCUT2D eigenvalue weighted by Gasteiger charge is -2.26. The molecule has 5 atom stereocenters. The van der Waals surface area contributed by atoms with E-state index in [2.05, 4.69) is 0 Å². The topological polar surface area (TPSA) is 66.4 Å². The molecule has 0 unspecified atom stereocenters. The van der Waals surface area contributed by atoms with E-state index in [1.165, 1.54) is 0 Å². The van der Waals surface area contributed by atoms with Crippen molar-refractivity contribution in [1.29, 1.82) is 0 Å². The van der Waals surface area contributed by atoms with Crippen LogP contribution in [0.5, 0.6) is 0 Å². The van der Waals surface area contributed by atoms with Crippen molar-refractivity contribution in [2.45, 2.75) is 70.0 Å². The van der Waals surface area contributed by atoms with E-state index < -0.39 is 42.3 Å². The average molecular weight is 261 g/mol. The summed E-state index contributed by atoms with van der Waals surface area (Å²) < 4.78 is 35.9. The van der Waals surface area contributed by atoms with Crippen LogP contribution in [0.1, 0.15) is 29.1 Å². The second-order valence-electron chi connectivity index (χ2n) is 5.77. The number of hydrogen-bond acceptors (Lipinski definition) is 6. The summed E-state index contributed by atoms with van der Waals surface area (Å²) in [5.74, 6) is -1.59. The summed E-state index contributed by atoms with van der Waals surface area (Å²) in [7, 11) is 0. The standard InChI is InChI=1S/C12H20O6/c1-11(2)14-5-6(16-11)8-7(13)9-10(15-8)18-12(3,4)17-9/h6-10,13H,5H2,1-4H3/t6-,7-,8-,9-,10-/m1/s1/i7D. The maximum Gasteiger partial charge on any atom is 0.190 e. The zero-order valence-electron chi connectivity index (χ0n) is 12.0. The van der Waals surface area contributed by atoms with Gasteiger partial charge in [-0.25, -0.2) is 0 Å². The lowest BCUT2D eigenvalue weighted by atomic mass is 10.1. The molecule has 0 radical (unpaired) electrons. The molecular weight excluding hydrogens is 240 g/mol. The summed E-state index contributed by atoms with van der Waals surface area (Å²) in [6, 6.07) is 0. The molecule has 3 fully saturated rings. The lowest BCUT2D eigenvalue weighted by Crippen LogP contribution is -2.42. The van der Waals surface area contributed by atoms with Crippen LogP contribution in [0, 0.1) is 0 Å². The molecular formula is C12H20O6. The fourth-order valence-corrected chi connectivity index (χ4v) is 2.55. The molecule has 3 aliphatic rings. The van der Waals surface area contributed by atoms with E-state index in [1.54, 1.807) is 27.7 Å². The van der Waals surface area contributed by atoms with Gasteiger partial charge in [-0.2, -0.15) is 0 Å². The number of aliphatic hydroxyl groups is 1. The molecule has 0 amide bonds. The Morgan fingerprint density at radius 3 is 2.33 bits per heavy atom. The number of rotatable bonds is 1. The van der Waals surface area contributed by atoms with E-state index in [0.29, 0.717) is 0 Å². The first-order valence-electron chi connectivity index (χ1n) is 6.66. The molecule has 6 heteroatoms. The van der Waals surface area contributed by atoms with Crippen LogP contribution in [0.25, 0.3) is 0 Å². The largest absolute Gasteiger partial charge is 0.387 e. The molecule has 0 aromatic carbocycles. The van der Waals surface area contributed by atoms with Gasteiger partial charge < -0.3 is 28.8 Å². The highest BCUT2D eigenvalue weighted by Crippen LogP contribution is 2.40. The fraction of sp³-hybridized carbons (Fsp3) is 1.00. The quantitative estimate of drug-likeness (QED) is 0.736. The molecule has 0 spiro atoms. The maximum atomic E-state index is 10.4.